The van der Waals surface area contributed by atoms with Crippen molar-refractivity contribution in [3.05, 3.63) is 0 Å². The summed E-state index contributed by atoms with van der Waals surface area (Å²) >= 11 is 0. The van der Waals surface area contributed by atoms with E-state index in [4.69, 9.17) is 10.2 Å². The number of hydrogen-bond donors (Lipinski definition) is 4. The molecule has 0 aromatic rings. The molecular weight excluding hydrogens is 254 g/mol. The van der Waals surface area contributed by atoms with Gasteiger partial charge in [-0.15, -0.1) is 0 Å². The third-order valence-corrected chi connectivity index (χ3v) is 2.12. The van der Waals surface area contributed by atoms with Crippen molar-refractivity contribution < 1.29 is 29.7 Å². The van der Waals surface area contributed by atoms with Crippen molar-refractivity contribution in [1.82, 2.24) is 5.32 Å². The van der Waals surface area contributed by atoms with Crippen molar-refractivity contribution in [3.8, 4) is 0 Å². The lowest BCUT2D eigenvalue weighted by atomic mass is 9.86. The summed E-state index contributed by atoms with van der Waals surface area (Å²) in [7, 11) is 0. The fraction of sp³-hybridized carbons (Fsp3) is 0.750. The SMILES string of the molecule is CC(C)=O.CC(C=O)(CO)C(O)C(=O)NCCCO. The Morgan fingerprint density at radius 2 is 1.79 bits per heavy atom. The van der Waals surface area contributed by atoms with Gasteiger partial charge in [0.15, 0.2) is 0 Å². The summed E-state index contributed by atoms with van der Waals surface area (Å²) in [5.41, 5.74) is -1.48. The first kappa shape index (κ1) is 20.0. The topological polar surface area (TPSA) is 124 Å². The maximum Gasteiger partial charge on any atom is 0.249 e. The highest BCUT2D eigenvalue weighted by molar-refractivity contribution is 5.85. The average molecular weight is 277 g/mol. The number of carbonyl (C=O) groups excluding carboxylic acids is 3. The second-order valence-electron chi connectivity index (χ2n) is 4.46. The van der Waals surface area contributed by atoms with Crippen LogP contribution in [0, 0.1) is 5.41 Å². The first-order chi connectivity index (χ1) is 8.75. The van der Waals surface area contributed by atoms with Crippen molar-refractivity contribution in [2.24, 2.45) is 5.41 Å². The number of aldehydes is 1. The van der Waals surface area contributed by atoms with Gasteiger partial charge in [-0.3, -0.25) is 4.79 Å². The average Bonchev–Trinajstić information content (AvgIpc) is 2.36. The van der Waals surface area contributed by atoms with Crippen molar-refractivity contribution in [1.29, 1.82) is 0 Å². The highest BCUT2D eigenvalue weighted by Gasteiger charge is 2.37. The molecule has 7 nitrogen and oxygen atoms in total. The van der Waals surface area contributed by atoms with E-state index in [2.05, 4.69) is 5.32 Å². The van der Waals surface area contributed by atoms with Crippen LogP contribution in [-0.2, 0) is 14.4 Å². The van der Waals surface area contributed by atoms with Crippen molar-refractivity contribution in [2.45, 2.75) is 33.3 Å². The zero-order valence-electron chi connectivity index (χ0n) is 11.5. The fourth-order valence-electron chi connectivity index (χ4n) is 0.875. The molecule has 0 saturated carbocycles. The summed E-state index contributed by atoms with van der Waals surface area (Å²) in [6.45, 7) is 3.88. The molecule has 0 saturated heterocycles. The van der Waals surface area contributed by atoms with Crippen LogP contribution >= 0.6 is 0 Å². The largest absolute Gasteiger partial charge is 0.396 e. The van der Waals surface area contributed by atoms with Gasteiger partial charge in [-0.2, -0.15) is 0 Å². The van der Waals surface area contributed by atoms with Gasteiger partial charge in [0.2, 0.25) is 5.91 Å². The molecule has 2 atom stereocenters. The smallest absolute Gasteiger partial charge is 0.249 e. The molecule has 7 heteroatoms. The second kappa shape index (κ2) is 10.6. The maximum absolute atomic E-state index is 11.3. The first-order valence-electron chi connectivity index (χ1n) is 5.86. The molecule has 0 aliphatic heterocycles. The molecule has 0 fully saturated rings. The summed E-state index contributed by atoms with van der Waals surface area (Å²) in [6, 6.07) is 0. The van der Waals surface area contributed by atoms with Crippen LogP contribution in [0.15, 0.2) is 0 Å². The number of nitrogens with one attached hydrogen (secondary N) is 1. The number of hydrogen-bond acceptors (Lipinski definition) is 6. The predicted molar refractivity (Wildman–Crippen MR) is 68.3 cm³/mol. The zero-order chi connectivity index (χ0) is 15.5. The van der Waals surface area contributed by atoms with Gasteiger partial charge in [0.05, 0.1) is 12.0 Å². The number of rotatable bonds is 7. The minimum Gasteiger partial charge on any atom is -0.396 e. The van der Waals surface area contributed by atoms with Gasteiger partial charge < -0.3 is 30.2 Å². The summed E-state index contributed by atoms with van der Waals surface area (Å²) in [6.07, 6.45) is -0.864. The molecule has 0 aliphatic carbocycles. The Labute approximate surface area is 112 Å². The monoisotopic (exact) mass is 277 g/mol. The Hall–Kier alpha value is -1.31. The molecule has 4 N–H and O–H groups in total. The third kappa shape index (κ3) is 9.29. The molecule has 112 valence electrons. The quantitative estimate of drug-likeness (QED) is 0.336. The van der Waals surface area contributed by atoms with Crippen LogP contribution in [-0.4, -0.2) is 59.2 Å². The number of aliphatic hydroxyl groups excluding tert-OH is 3. The summed E-state index contributed by atoms with van der Waals surface area (Å²) < 4.78 is 0. The van der Waals surface area contributed by atoms with Gasteiger partial charge in [-0.05, 0) is 27.2 Å². The van der Waals surface area contributed by atoms with E-state index in [-0.39, 0.29) is 18.9 Å². The lowest BCUT2D eigenvalue weighted by Gasteiger charge is -2.25. The van der Waals surface area contributed by atoms with E-state index >= 15 is 0 Å². The van der Waals surface area contributed by atoms with Crippen LogP contribution in [0.25, 0.3) is 0 Å². The molecule has 0 aromatic carbocycles. The van der Waals surface area contributed by atoms with Crippen LogP contribution in [0.4, 0.5) is 0 Å². The van der Waals surface area contributed by atoms with Crippen LogP contribution in [0.5, 0.6) is 0 Å². The lowest BCUT2D eigenvalue weighted by molar-refractivity contribution is -0.143. The Morgan fingerprint density at radius 1 is 1.32 bits per heavy atom. The van der Waals surface area contributed by atoms with Gasteiger partial charge in [0.25, 0.3) is 0 Å². The maximum atomic E-state index is 11.3. The highest BCUT2D eigenvalue weighted by Crippen LogP contribution is 2.17. The van der Waals surface area contributed by atoms with Crippen LogP contribution in [0.3, 0.4) is 0 Å². The van der Waals surface area contributed by atoms with Gasteiger partial charge in [-0.1, -0.05) is 0 Å². The van der Waals surface area contributed by atoms with Crippen molar-refractivity contribution in [2.75, 3.05) is 19.8 Å². The molecule has 2 unspecified atom stereocenters. The molecule has 19 heavy (non-hydrogen) atoms. The normalized spacial score (nSPS) is 14.4. The molecule has 0 bridgehead atoms. The minimum atomic E-state index is -1.58. The van der Waals surface area contributed by atoms with Gasteiger partial charge in [0, 0.05) is 13.2 Å². The highest BCUT2D eigenvalue weighted by atomic mass is 16.3. The number of ketones is 1. The summed E-state index contributed by atoms with van der Waals surface area (Å²) in [5, 5.41) is 29.1. The van der Waals surface area contributed by atoms with E-state index in [1.807, 2.05) is 0 Å². The van der Waals surface area contributed by atoms with Gasteiger partial charge in [-0.25, -0.2) is 0 Å². The third-order valence-electron chi connectivity index (χ3n) is 2.12. The number of amides is 1. The van der Waals surface area contributed by atoms with Crippen LogP contribution < -0.4 is 5.32 Å². The van der Waals surface area contributed by atoms with E-state index < -0.39 is 24.0 Å². The van der Waals surface area contributed by atoms with E-state index in [9.17, 15) is 19.5 Å². The minimum absolute atomic E-state index is 0.0681. The van der Waals surface area contributed by atoms with Crippen molar-refractivity contribution >= 4 is 18.0 Å². The molecule has 0 aliphatic rings. The molecular formula is C12H23NO6. The Bertz CT molecular complexity index is 290. The van der Waals surface area contributed by atoms with E-state index in [0.717, 1.165) is 0 Å². The Balaban J connectivity index is 0. The Morgan fingerprint density at radius 3 is 2.11 bits per heavy atom. The van der Waals surface area contributed by atoms with Crippen LogP contribution in [0.2, 0.25) is 0 Å². The fourth-order valence-corrected chi connectivity index (χ4v) is 0.875. The molecule has 0 radical (unpaired) electrons. The summed E-state index contributed by atoms with van der Waals surface area (Å²) in [5.74, 6) is -0.563. The number of Topliss-reactive ketones (excluding diaryl/α,β-unsaturated/α-hetero) is 1. The van der Waals surface area contributed by atoms with Crippen LogP contribution in [0.1, 0.15) is 27.2 Å². The standard InChI is InChI=1S/C9H17NO5.C3H6O/c1-9(5-12,6-13)7(14)8(15)10-3-2-4-11;1-3(2)4/h5,7,11,13-14H,2-4,6H2,1H3,(H,10,15);1-2H3. The molecule has 0 heterocycles. The lowest BCUT2D eigenvalue weighted by Crippen LogP contribution is -2.48. The molecule has 0 rings (SSSR count). The Kier molecular flexibility index (Phi) is 11.2. The zero-order valence-corrected chi connectivity index (χ0v) is 11.5. The molecule has 0 spiro atoms. The predicted octanol–water partition coefficient (Wildman–Crippen LogP) is -1.36. The van der Waals surface area contributed by atoms with E-state index in [0.29, 0.717) is 12.7 Å². The number of aliphatic hydroxyl groups is 3. The summed E-state index contributed by atoms with van der Waals surface area (Å²) in [4.78, 5) is 31.3. The molecule has 1 amide bonds. The van der Waals surface area contributed by atoms with E-state index in [1.54, 1.807) is 0 Å². The second-order valence-corrected chi connectivity index (χ2v) is 4.46. The first-order valence-corrected chi connectivity index (χ1v) is 5.86. The number of carbonyl (C=O) groups is 3. The van der Waals surface area contributed by atoms with Gasteiger partial charge >= 0.3 is 0 Å². The van der Waals surface area contributed by atoms with E-state index in [1.165, 1.54) is 20.8 Å². The van der Waals surface area contributed by atoms with Crippen molar-refractivity contribution in [3.63, 3.8) is 0 Å². The molecule has 0 aromatic heterocycles. The van der Waals surface area contributed by atoms with Gasteiger partial charge in [0.1, 0.15) is 18.2 Å².